The average molecular weight is 567 g/mol. The molecule has 41 heavy (non-hydrogen) atoms. The molecule has 3 fully saturated rings. The number of ether oxygens (including phenoxy) is 1. The summed E-state index contributed by atoms with van der Waals surface area (Å²) in [6.45, 7) is 9.80. The first-order valence-corrected chi connectivity index (χ1v) is 15.7. The number of unbranched alkanes of at least 4 members (excludes halogenated alkanes) is 2. The van der Waals surface area contributed by atoms with E-state index in [0.29, 0.717) is 19.3 Å². The van der Waals surface area contributed by atoms with Crippen molar-refractivity contribution in [1.29, 1.82) is 0 Å². The molecule has 4 aliphatic rings. The van der Waals surface area contributed by atoms with Crippen LogP contribution in [0.4, 0.5) is 0 Å². The van der Waals surface area contributed by atoms with Crippen LogP contribution >= 0.6 is 0 Å². The van der Waals surface area contributed by atoms with Crippen molar-refractivity contribution in [2.75, 3.05) is 6.61 Å². The third kappa shape index (κ3) is 6.10. The zero-order chi connectivity index (χ0) is 30.0. The number of rotatable bonds is 11. The van der Waals surface area contributed by atoms with Crippen LogP contribution in [0.5, 0.6) is 0 Å². The van der Waals surface area contributed by atoms with Crippen LogP contribution in [-0.2, 0) is 19.1 Å². The fourth-order valence-electron chi connectivity index (χ4n) is 8.66. The van der Waals surface area contributed by atoms with E-state index >= 15 is 0 Å². The molecular formula is C35H50O6. The Morgan fingerprint density at radius 2 is 1.88 bits per heavy atom. The Hall–Kier alpha value is -2.31. The highest BCUT2D eigenvalue weighted by atomic mass is 16.5. The first kappa shape index (κ1) is 31.6. The lowest BCUT2D eigenvalue weighted by Crippen LogP contribution is -2.61. The fraction of sp³-hybridized carbons (Fsp3) is 0.686. The van der Waals surface area contributed by atoms with Gasteiger partial charge in [0.1, 0.15) is 5.60 Å². The van der Waals surface area contributed by atoms with Gasteiger partial charge < -0.3 is 14.9 Å². The second-order valence-electron chi connectivity index (χ2n) is 13.7. The van der Waals surface area contributed by atoms with E-state index < -0.39 is 40.9 Å². The molecule has 0 aromatic carbocycles. The van der Waals surface area contributed by atoms with Crippen molar-refractivity contribution in [2.24, 2.45) is 28.6 Å². The summed E-state index contributed by atoms with van der Waals surface area (Å²) in [6.07, 6.45) is 17.5. The van der Waals surface area contributed by atoms with Gasteiger partial charge in [0.05, 0.1) is 6.10 Å². The number of allylic oxidation sites excluding steroid dienone is 7. The minimum absolute atomic E-state index is 0.00349. The molecule has 0 aromatic heterocycles. The zero-order valence-corrected chi connectivity index (χ0v) is 25.7. The Morgan fingerprint density at radius 3 is 2.61 bits per heavy atom. The Kier molecular flexibility index (Phi) is 9.65. The number of carbonyl (C=O) groups excluding carboxylic acids is 3. The molecule has 6 nitrogen and oxygen atoms in total. The summed E-state index contributed by atoms with van der Waals surface area (Å²) < 4.78 is 5.35. The van der Waals surface area contributed by atoms with Gasteiger partial charge in [-0.2, -0.15) is 0 Å². The van der Waals surface area contributed by atoms with Gasteiger partial charge in [-0.3, -0.25) is 9.59 Å². The topological polar surface area (TPSA) is 101 Å². The Bertz CT molecular complexity index is 1160. The SMILES string of the molecule is CCCCC/C(C)=C/CC/C(C)=C/C(=O)OCC(=O)[C@@]1(O)CC[C@H]2[C@@H]3CCC4=CC(=O)C=C[C@]4(C)[C@H]3[C@@H](O)C[C@@]21C. The van der Waals surface area contributed by atoms with Crippen molar-refractivity contribution in [2.45, 2.75) is 117 Å². The summed E-state index contributed by atoms with van der Waals surface area (Å²) in [7, 11) is 0. The van der Waals surface area contributed by atoms with E-state index in [-0.39, 0.29) is 23.5 Å². The molecule has 0 aromatic rings. The van der Waals surface area contributed by atoms with Crippen LogP contribution in [0.3, 0.4) is 0 Å². The minimum atomic E-state index is -1.65. The predicted molar refractivity (Wildman–Crippen MR) is 160 cm³/mol. The van der Waals surface area contributed by atoms with E-state index in [1.165, 1.54) is 30.9 Å². The molecule has 226 valence electrons. The maximum absolute atomic E-state index is 13.5. The van der Waals surface area contributed by atoms with Gasteiger partial charge in [-0.25, -0.2) is 4.79 Å². The standard InChI is InChI=1S/C35H50O6/c1-6-7-8-10-23(2)11-9-12-24(3)19-31(39)41-22-30(38)35(40)18-16-28-27-14-13-25-20-26(36)15-17-33(25,4)32(27)29(37)21-34(28,35)5/h11,15,17,19-20,27-29,32,37,40H,6-10,12-14,16,18,21-22H2,1-5H3/b23-11+,24-19+/t27-,28-,29-,32+,33-,34-,35-/m0/s1. The normalized spacial score (nSPS) is 36.8. The number of hydrogen-bond acceptors (Lipinski definition) is 6. The summed E-state index contributed by atoms with van der Waals surface area (Å²) in [5.41, 5.74) is 0.483. The molecule has 0 amide bonds. The highest BCUT2D eigenvalue weighted by Crippen LogP contribution is 2.67. The number of fused-ring (bicyclic) bond motifs is 5. The van der Waals surface area contributed by atoms with Crippen molar-refractivity contribution >= 4 is 17.5 Å². The van der Waals surface area contributed by atoms with Crippen LogP contribution < -0.4 is 0 Å². The van der Waals surface area contributed by atoms with Crippen molar-refractivity contribution in [1.82, 2.24) is 0 Å². The van der Waals surface area contributed by atoms with E-state index in [9.17, 15) is 24.6 Å². The highest BCUT2D eigenvalue weighted by molar-refractivity contribution is 6.01. The molecule has 0 spiro atoms. The summed E-state index contributed by atoms with van der Waals surface area (Å²) in [5, 5.41) is 23.4. The van der Waals surface area contributed by atoms with Gasteiger partial charge in [0.2, 0.25) is 5.78 Å². The second kappa shape index (κ2) is 12.5. The van der Waals surface area contributed by atoms with Crippen molar-refractivity contribution in [3.63, 3.8) is 0 Å². The van der Waals surface area contributed by atoms with Crippen molar-refractivity contribution in [3.05, 3.63) is 47.1 Å². The summed E-state index contributed by atoms with van der Waals surface area (Å²) in [6, 6.07) is 0. The third-order valence-electron chi connectivity index (χ3n) is 11.0. The van der Waals surface area contributed by atoms with Gasteiger partial charge in [0, 0.05) is 22.8 Å². The molecule has 4 rings (SSSR count). The first-order valence-electron chi connectivity index (χ1n) is 15.7. The third-order valence-corrected chi connectivity index (χ3v) is 11.0. The molecule has 0 heterocycles. The smallest absolute Gasteiger partial charge is 0.331 e. The minimum Gasteiger partial charge on any atom is -0.454 e. The molecule has 6 heteroatoms. The number of ketones is 2. The largest absolute Gasteiger partial charge is 0.454 e. The van der Waals surface area contributed by atoms with E-state index in [2.05, 4.69) is 26.8 Å². The molecule has 0 bridgehead atoms. The van der Waals surface area contributed by atoms with Crippen molar-refractivity contribution in [3.8, 4) is 0 Å². The number of carbonyl (C=O) groups is 3. The van der Waals surface area contributed by atoms with Gasteiger partial charge in [-0.15, -0.1) is 0 Å². The molecule has 2 N–H and O–H groups in total. The summed E-state index contributed by atoms with van der Waals surface area (Å²) in [4.78, 5) is 38.0. The summed E-state index contributed by atoms with van der Waals surface area (Å²) in [5.74, 6) is -0.929. The molecule has 0 unspecified atom stereocenters. The molecule has 0 radical (unpaired) electrons. The predicted octanol–water partition coefficient (Wildman–Crippen LogP) is 6.36. The Labute approximate surface area is 246 Å². The number of hydrogen-bond donors (Lipinski definition) is 2. The molecular weight excluding hydrogens is 516 g/mol. The van der Waals surface area contributed by atoms with E-state index in [0.717, 1.165) is 43.3 Å². The van der Waals surface area contributed by atoms with Crippen LogP contribution in [0.2, 0.25) is 0 Å². The molecule has 3 saturated carbocycles. The quantitative estimate of drug-likeness (QED) is 0.131. The van der Waals surface area contributed by atoms with Crippen LogP contribution in [0.15, 0.2) is 47.1 Å². The number of Topliss-reactive ketones (excluding diaryl/α,β-unsaturated/α-hetero) is 1. The van der Waals surface area contributed by atoms with Crippen molar-refractivity contribution < 1.29 is 29.3 Å². The maximum atomic E-state index is 13.5. The Balaban J connectivity index is 1.37. The van der Waals surface area contributed by atoms with Crippen LogP contribution in [0.1, 0.15) is 105 Å². The van der Waals surface area contributed by atoms with Gasteiger partial charge >= 0.3 is 5.97 Å². The van der Waals surface area contributed by atoms with Gasteiger partial charge in [-0.05, 0) is 95.6 Å². The number of esters is 1. The second-order valence-corrected chi connectivity index (χ2v) is 13.7. The molecule has 4 aliphatic carbocycles. The van der Waals surface area contributed by atoms with E-state index in [4.69, 9.17) is 4.74 Å². The van der Waals surface area contributed by atoms with Gasteiger partial charge in [-0.1, -0.05) is 62.5 Å². The van der Waals surface area contributed by atoms with Gasteiger partial charge in [0.25, 0.3) is 0 Å². The number of aliphatic hydroxyl groups is 2. The zero-order valence-electron chi connectivity index (χ0n) is 25.7. The molecule has 0 saturated heterocycles. The maximum Gasteiger partial charge on any atom is 0.331 e. The van der Waals surface area contributed by atoms with E-state index in [1.807, 2.05) is 19.9 Å². The molecule has 0 aliphatic heterocycles. The lowest BCUT2D eigenvalue weighted by Gasteiger charge is -2.59. The molecule has 7 atom stereocenters. The van der Waals surface area contributed by atoms with E-state index in [1.54, 1.807) is 12.2 Å². The van der Waals surface area contributed by atoms with Crippen LogP contribution in [-0.4, -0.2) is 46.1 Å². The highest BCUT2D eigenvalue weighted by Gasteiger charge is 2.68. The van der Waals surface area contributed by atoms with Gasteiger partial charge in [0.15, 0.2) is 12.4 Å². The fourth-order valence-corrected chi connectivity index (χ4v) is 8.66. The lowest BCUT2D eigenvalue weighted by molar-refractivity contribution is -0.180. The lowest BCUT2D eigenvalue weighted by atomic mass is 9.46. The summed E-state index contributed by atoms with van der Waals surface area (Å²) >= 11 is 0. The Morgan fingerprint density at radius 1 is 1.12 bits per heavy atom. The average Bonchev–Trinajstić information content (AvgIpc) is 3.18. The first-order chi connectivity index (χ1) is 19.4. The number of aliphatic hydroxyl groups excluding tert-OH is 1. The van der Waals surface area contributed by atoms with Crippen LogP contribution in [0.25, 0.3) is 0 Å². The van der Waals surface area contributed by atoms with Crippen LogP contribution in [0, 0.1) is 28.6 Å². The monoisotopic (exact) mass is 566 g/mol.